The predicted octanol–water partition coefficient (Wildman–Crippen LogP) is 2.72. The summed E-state index contributed by atoms with van der Waals surface area (Å²) >= 11 is 3.39. The molecule has 0 saturated heterocycles. The summed E-state index contributed by atoms with van der Waals surface area (Å²) < 4.78 is 2.50. The highest BCUT2D eigenvalue weighted by Gasteiger charge is 2.13. The Morgan fingerprint density at radius 2 is 2.12 bits per heavy atom. The van der Waals surface area contributed by atoms with Crippen molar-refractivity contribution in [3.05, 3.63) is 51.8 Å². The molecule has 3 nitrogen and oxygen atoms in total. The van der Waals surface area contributed by atoms with Crippen molar-refractivity contribution < 1.29 is 4.79 Å². The molecule has 0 spiro atoms. The summed E-state index contributed by atoms with van der Waals surface area (Å²) in [7, 11) is 1.76. The Kier molecular flexibility index (Phi) is 2.92. The number of aromatic nitrogens is 2. The molecule has 1 aromatic carbocycles. The molecule has 0 saturated carbocycles. The smallest absolute Gasteiger partial charge is 0.211 e. The highest BCUT2D eigenvalue weighted by molar-refractivity contribution is 9.10. The minimum Gasteiger partial charge on any atom is -0.287 e. The van der Waals surface area contributed by atoms with E-state index in [1.165, 1.54) is 0 Å². The van der Waals surface area contributed by atoms with Crippen molar-refractivity contribution in [1.29, 1.82) is 0 Å². The minimum absolute atomic E-state index is 0.00981. The number of nitrogens with zero attached hydrogens (tertiary/aromatic N) is 2. The molecule has 2 aromatic rings. The lowest BCUT2D eigenvalue weighted by Gasteiger charge is -2.03. The minimum atomic E-state index is -0.00981. The van der Waals surface area contributed by atoms with Gasteiger partial charge in [0.2, 0.25) is 5.78 Å². The number of carbonyl (C=O) groups excluding carboxylic acids is 1. The first-order valence-electron chi connectivity index (χ1n) is 4.88. The van der Waals surface area contributed by atoms with Crippen LogP contribution in [0.1, 0.15) is 21.6 Å². The van der Waals surface area contributed by atoms with Crippen LogP contribution < -0.4 is 0 Å². The number of carbonyl (C=O) groups is 1. The van der Waals surface area contributed by atoms with Gasteiger partial charge in [-0.05, 0) is 36.8 Å². The van der Waals surface area contributed by atoms with Gasteiger partial charge in [0.15, 0.2) is 0 Å². The van der Waals surface area contributed by atoms with Crippen LogP contribution in [0.5, 0.6) is 0 Å². The summed E-state index contributed by atoms with van der Waals surface area (Å²) in [6, 6.07) is 7.39. The average molecular weight is 279 g/mol. The maximum absolute atomic E-state index is 12.2. The van der Waals surface area contributed by atoms with E-state index in [4.69, 9.17) is 0 Å². The normalized spacial score (nSPS) is 10.4. The van der Waals surface area contributed by atoms with E-state index in [0.717, 1.165) is 10.0 Å². The van der Waals surface area contributed by atoms with E-state index in [0.29, 0.717) is 11.3 Å². The van der Waals surface area contributed by atoms with Gasteiger partial charge in [-0.15, -0.1) is 0 Å². The monoisotopic (exact) mass is 278 g/mol. The van der Waals surface area contributed by atoms with Crippen molar-refractivity contribution in [3.63, 3.8) is 0 Å². The van der Waals surface area contributed by atoms with E-state index < -0.39 is 0 Å². The molecule has 82 valence electrons. The second kappa shape index (κ2) is 4.22. The van der Waals surface area contributed by atoms with Crippen molar-refractivity contribution in [2.24, 2.45) is 7.05 Å². The largest absolute Gasteiger partial charge is 0.287 e. The highest BCUT2D eigenvalue weighted by atomic mass is 79.9. The molecule has 4 heteroatoms. The van der Waals surface area contributed by atoms with Crippen LogP contribution in [0, 0.1) is 6.92 Å². The molecule has 0 unspecified atom stereocenters. The van der Waals surface area contributed by atoms with E-state index in [2.05, 4.69) is 21.0 Å². The number of aryl methyl sites for hydroxylation is 2. The lowest BCUT2D eigenvalue weighted by atomic mass is 10.1. The van der Waals surface area contributed by atoms with Crippen molar-refractivity contribution in [1.82, 2.24) is 9.78 Å². The van der Waals surface area contributed by atoms with E-state index in [1.54, 1.807) is 24.0 Å². The van der Waals surface area contributed by atoms with E-state index in [1.807, 2.05) is 25.1 Å². The second-order valence-electron chi connectivity index (χ2n) is 3.69. The van der Waals surface area contributed by atoms with Gasteiger partial charge in [0, 0.05) is 23.3 Å². The van der Waals surface area contributed by atoms with Crippen LogP contribution in [0.2, 0.25) is 0 Å². The van der Waals surface area contributed by atoms with Crippen molar-refractivity contribution in [2.75, 3.05) is 0 Å². The molecular formula is C12H11BrN2O. The first-order valence-corrected chi connectivity index (χ1v) is 5.67. The van der Waals surface area contributed by atoms with Crippen LogP contribution in [0.25, 0.3) is 0 Å². The summed E-state index contributed by atoms with van der Waals surface area (Å²) in [4.78, 5) is 12.2. The number of hydrogen-bond donors (Lipinski definition) is 0. The summed E-state index contributed by atoms with van der Waals surface area (Å²) in [6.45, 7) is 1.96. The molecule has 0 amide bonds. The van der Waals surface area contributed by atoms with E-state index >= 15 is 0 Å². The third-order valence-corrected chi connectivity index (χ3v) is 2.82. The average Bonchev–Trinajstić information content (AvgIpc) is 2.62. The number of benzene rings is 1. The molecule has 0 aliphatic carbocycles. The third kappa shape index (κ3) is 2.07. The van der Waals surface area contributed by atoms with Gasteiger partial charge in [-0.2, -0.15) is 5.10 Å². The Labute approximate surface area is 102 Å². The number of rotatable bonds is 2. The number of halogens is 1. The Balaban J connectivity index is 2.45. The quantitative estimate of drug-likeness (QED) is 0.792. The molecule has 16 heavy (non-hydrogen) atoms. The number of ketones is 1. The fourth-order valence-electron chi connectivity index (χ4n) is 1.61. The Bertz CT molecular complexity index is 525. The Morgan fingerprint density at radius 3 is 2.69 bits per heavy atom. The van der Waals surface area contributed by atoms with Gasteiger partial charge in [-0.1, -0.05) is 15.9 Å². The topological polar surface area (TPSA) is 34.9 Å². The molecule has 2 rings (SSSR count). The molecule has 0 fully saturated rings. The van der Waals surface area contributed by atoms with Gasteiger partial charge in [-0.3, -0.25) is 9.48 Å². The Morgan fingerprint density at radius 1 is 1.38 bits per heavy atom. The molecule has 0 N–H and O–H groups in total. The van der Waals surface area contributed by atoms with Gasteiger partial charge in [0.05, 0.1) is 0 Å². The lowest BCUT2D eigenvalue weighted by Crippen LogP contribution is -2.08. The maximum atomic E-state index is 12.2. The SMILES string of the molecule is Cc1cc(Br)cc(C(=O)c2ccnn2C)c1. The van der Waals surface area contributed by atoms with Crippen molar-refractivity contribution in [2.45, 2.75) is 6.92 Å². The van der Waals surface area contributed by atoms with Crippen LogP contribution in [0.15, 0.2) is 34.9 Å². The Hall–Kier alpha value is -1.42. The summed E-state index contributed by atoms with van der Waals surface area (Å²) in [5, 5.41) is 3.99. The van der Waals surface area contributed by atoms with Gasteiger partial charge in [-0.25, -0.2) is 0 Å². The van der Waals surface area contributed by atoms with Crippen LogP contribution in [0.4, 0.5) is 0 Å². The summed E-state index contributed by atoms with van der Waals surface area (Å²) in [6.07, 6.45) is 1.62. The third-order valence-electron chi connectivity index (χ3n) is 2.36. The van der Waals surface area contributed by atoms with Crippen LogP contribution >= 0.6 is 15.9 Å². The zero-order valence-electron chi connectivity index (χ0n) is 9.07. The highest BCUT2D eigenvalue weighted by Crippen LogP contribution is 2.17. The molecule has 0 aliphatic heterocycles. The van der Waals surface area contributed by atoms with E-state index in [-0.39, 0.29) is 5.78 Å². The molecule has 0 aliphatic rings. The molecule has 0 bridgehead atoms. The van der Waals surface area contributed by atoms with Crippen molar-refractivity contribution >= 4 is 21.7 Å². The predicted molar refractivity (Wildman–Crippen MR) is 65.5 cm³/mol. The van der Waals surface area contributed by atoms with Crippen molar-refractivity contribution in [3.8, 4) is 0 Å². The van der Waals surface area contributed by atoms with Gasteiger partial charge >= 0.3 is 0 Å². The molecular weight excluding hydrogens is 268 g/mol. The first-order chi connectivity index (χ1) is 7.58. The zero-order valence-corrected chi connectivity index (χ0v) is 10.7. The second-order valence-corrected chi connectivity index (χ2v) is 4.60. The van der Waals surface area contributed by atoms with E-state index in [9.17, 15) is 4.79 Å². The van der Waals surface area contributed by atoms with Gasteiger partial charge in [0.1, 0.15) is 5.69 Å². The van der Waals surface area contributed by atoms with Crippen LogP contribution in [-0.2, 0) is 7.05 Å². The lowest BCUT2D eigenvalue weighted by molar-refractivity contribution is 0.103. The molecule has 0 radical (unpaired) electrons. The van der Waals surface area contributed by atoms with Gasteiger partial charge < -0.3 is 0 Å². The fraction of sp³-hybridized carbons (Fsp3) is 0.167. The van der Waals surface area contributed by atoms with Crippen LogP contribution in [-0.4, -0.2) is 15.6 Å². The summed E-state index contributed by atoms with van der Waals surface area (Å²) in [5.41, 5.74) is 2.33. The van der Waals surface area contributed by atoms with Crippen LogP contribution in [0.3, 0.4) is 0 Å². The first kappa shape index (κ1) is 11.1. The standard InChI is InChI=1S/C12H11BrN2O/c1-8-5-9(7-10(13)6-8)12(16)11-3-4-14-15(11)2/h3-7H,1-2H3. The zero-order chi connectivity index (χ0) is 11.7. The maximum Gasteiger partial charge on any atom is 0.211 e. The van der Waals surface area contributed by atoms with Gasteiger partial charge in [0.25, 0.3) is 0 Å². The molecule has 0 atom stereocenters. The molecule has 1 aromatic heterocycles. The number of hydrogen-bond acceptors (Lipinski definition) is 2. The molecule has 1 heterocycles. The summed E-state index contributed by atoms with van der Waals surface area (Å²) in [5.74, 6) is -0.00981. The fourth-order valence-corrected chi connectivity index (χ4v) is 2.22.